The lowest BCUT2D eigenvalue weighted by Crippen LogP contribution is -2.24. The van der Waals surface area contributed by atoms with Crippen LogP contribution in [0.5, 0.6) is 5.75 Å². The predicted molar refractivity (Wildman–Crippen MR) is 107 cm³/mol. The molecule has 0 aliphatic heterocycles. The van der Waals surface area contributed by atoms with E-state index in [2.05, 4.69) is 42.6 Å². The van der Waals surface area contributed by atoms with Crippen molar-refractivity contribution in [3.63, 3.8) is 0 Å². The minimum Gasteiger partial charge on any atom is -0.490 e. The number of para-hydroxylation sites is 1. The van der Waals surface area contributed by atoms with E-state index in [4.69, 9.17) is 10.5 Å². The first-order chi connectivity index (χ1) is 12.2. The zero-order valence-corrected chi connectivity index (χ0v) is 15.2. The van der Waals surface area contributed by atoms with Crippen LogP contribution in [0.15, 0.2) is 48.5 Å². The van der Waals surface area contributed by atoms with E-state index in [1.165, 1.54) is 12.0 Å². The quantitative estimate of drug-likeness (QED) is 0.708. The van der Waals surface area contributed by atoms with Crippen molar-refractivity contribution in [2.75, 3.05) is 19.3 Å². The SMILES string of the molecule is C/C=C(\CCNC)c1c(N)cccc1-c1ccccc1OC1CCC1. The number of hydrogen-bond donors (Lipinski definition) is 2. The Balaban J connectivity index is 2.04. The second kappa shape index (κ2) is 8.21. The number of rotatable bonds is 7. The van der Waals surface area contributed by atoms with Crippen molar-refractivity contribution < 1.29 is 4.74 Å². The van der Waals surface area contributed by atoms with Crippen LogP contribution in [-0.2, 0) is 0 Å². The van der Waals surface area contributed by atoms with Crippen molar-refractivity contribution in [2.24, 2.45) is 0 Å². The lowest BCUT2D eigenvalue weighted by atomic mass is 9.90. The highest BCUT2D eigenvalue weighted by Crippen LogP contribution is 2.40. The minimum absolute atomic E-state index is 0.358. The van der Waals surface area contributed by atoms with Crippen LogP contribution in [0.2, 0.25) is 0 Å². The topological polar surface area (TPSA) is 47.3 Å². The number of allylic oxidation sites excluding steroid dienone is 1. The molecule has 2 aromatic rings. The molecule has 0 bridgehead atoms. The van der Waals surface area contributed by atoms with E-state index in [-0.39, 0.29) is 0 Å². The summed E-state index contributed by atoms with van der Waals surface area (Å²) in [5.41, 5.74) is 11.9. The van der Waals surface area contributed by atoms with E-state index in [1.54, 1.807) is 0 Å². The molecule has 0 heterocycles. The van der Waals surface area contributed by atoms with E-state index >= 15 is 0 Å². The van der Waals surface area contributed by atoms with Crippen LogP contribution < -0.4 is 15.8 Å². The fourth-order valence-corrected chi connectivity index (χ4v) is 3.29. The summed E-state index contributed by atoms with van der Waals surface area (Å²) in [5.74, 6) is 0.961. The molecule has 0 saturated heterocycles. The van der Waals surface area contributed by atoms with Gasteiger partial charge >= 0.3 is 0 Å². The third-order valence-electron chi connectivity index (χ3n) is 4.93. The lowest BCUT2D eigenvalue weighted by molar-refractivity contribution is 0.121. The van der Waals surface area contributed by atoms with Crippen LogP contribution >= 0.6 is 0 Å². The molecule has 0 unspecified atom stereocenters. The van der Waals surface area contributed by atoms with Crippen molar-refractivity contribution in [1.29, 1.82) is 0 Å². The molecule has 132 valence electrons. The third-order valence-corrected chi connectivity index (χ3v) is 4.93. The highest BCUT2D eigenvalue weighted by molar-refractivity contribution is 5.89. The van der Waals surface area contributed by atoms with Gasteiger partial charge in [0.25, 0.3) is 0 Å². The van der Waals surface area contributed by atoms with Crippen LogP contribution in [-0.4, -0.2) is 19.7 Å². The Morgan fingerprint density at radius 1 is 1.16 bits per heavy atom. The van der Waals surface area contributed by atoms with Crippen molar-refractivity contribution in [3.05, 3.63) is 54.1 Å². The first-order valence-corrected chi connectivity index (χ1v) is 9.19. The average molecular weight is 336 g/mol. The molecular formula is C22H28N2O. The third kappa shape index (κ3) is 3.88. The number of hydrogen-bond acceptors (Lipinski definition) is 3. The number of benzene rings is 2. The summed E-state index contributed by atoms with van der Waals surface area (Å²) in [6.07, 6.45) is 7.04. The fourth-order valence-electron chi connectivity index (χ4n) is 3.29. The van der Waals surface area contributed by atoms with Crippen molar-refractivity contribution >= 4 is 11.3 Å². The molecule has 0 amide bonds. The van der Waals surface area contributed by atoms with Gasteiger partial charge in [-0.15, -0.1) is 0 Å². The molecule has 1 aliphatic rings. The summed E-state index contributed by atoms with van der Waals surface area (Å²) in [7, 11) is 1.98. The summed E-state index contributed by atoms with van der Waals surface area (Å²) in [6, 6.07) is 14.5. The van der Waals surface area contributed by atoms with Gasteiger partial charge in [-0.1, -0.05) is 36.4 Å². The van der Waals surface area contributed by atoms with Gasteiger partial charge in [-0.05, 0) is 69.5 Å². The van der Waals surface area contributed by atoms with Gasteiger partial charge in [0.2, 0.25) is 0 Å². The molecule has 0 spiro atoms. The first kappa shape index (κ1) is 17.6. The predicted octanol–water partition coefficient (Wildman–Crippen LogP) is 4.88. The Morgan fingerprint density at radius 2 is 1.92 bits per heavy atom. The number of ether oxygens (including phenoxy) is 1. The molecule has 1 saturated carbocycles. The maximum Gasteiger partial charge on any atom is 0.127 e. The maximum atomic E-state index is 6.39. The molecular weight excluding hydrogens is 308 g/mol. The molecule has 1 fully saturated rings. The number of nitrogen functional groups attached to an aromatic ring is 1. The number of anilines is 1. The Bertz CT molecular complexity index is 747. The van der Waals surface area contributed by atoms with E-state index < -0.39 is 0 Å². The molecule has 3 nitrogen and oxygen atoms in total. The normalized spacial score (nSPS) is 15.0. The minimum atomic E-state index is 0.358. The van der Waals surface area contributed by atoms with Crippen LogP contribution in [0.4, 0.5) is 5.69 Å². The van der Waals surface area contributed by atoms with Crippen molar-refractivity contribution in [3.8, 4) is 16.9 Å². The second-order valence-corrected chi connectivity index (χ2v) is 6.60. The summed E-state index contributed by atoms with van der Waals surface area (Å²) in [4.78, 5) is 0. The lowest BCUT2D eigenvalue weighted by Gasteiger charge is -2.28. The number of nitrogens with one attached hydrogen (secondary N) is 1. The Kier molecular flexibility index (Phi) is 5.77. The largest absolute Gasteiger partial charge is 0.490 e. The van der Waals surface area contributed by atoms with Crippen molar-refractivity contribution in [2.45, 2.75) is 38.7 Å². The van der Waals surface area contributed by atoms with Gasteiger partial charge in [0.15, 0.2) is 0 Å². The van der Waals surface area contributed by atoms with Gasteiger partial charge in [-0.2, -0.15) is 0 Å². The van der Waals surface area contributed by atoms with E-state index in [1.807, 2.05) is 25.2 Å². The van der Waals surface area contributed by atoms with E-state index in [0.717, 1.165) is 53.9 Å². The molecule has 1 aliphatic carbocycles. The molecule has 0 atom stereocenters. The summed E-state index contributed by atoms with van der Waals surface area (Å²) >= 11 is 0. The standard InChI is InChI=1S/C22H28N2O/c1-3-16(14-15-24-2)22-19(11-7-12-20(22)23)18-10-4-5-13-21(18)25-17-8-6-9-17/h3-5,7,10-13,17,24H,6,8-9,14-15,23H2,1-2H3/b16-3+. The van der Waals surface area contributed by atoms with Crippen LogP contribution in [0.3, 0.4) is 0 Å². The molecule has 2 aromatic carbocycles. The van der Waals surface area contributed by atoms with Gasteiger partial charge < -0.3 is 15.8 Å². The molecule has 3 heteroatoms. The smallest absolute Gasteiger partial charge is 0.127 e. The highest BCUT2D eigenvalue weighted by Gasteiger charge is 2.22. The van der Waals surface area contributed by atoms with E-state index in [9.17, 15) is 0 Å². The monoisotopic (exact) mass is 336 g/mol. The zero-order valence-electron chi connectivity index (χ0n) is 15.2. The Labute approximate surface area is 150 Å². The van der Waals surface area contributed by atoms with Gasteiger partial charge in [0, 0.05) is 16.8 Å². The van der Waals surface area contributed by atoms with Gasteiger partial charge in [-0.25, -0.2) is 0 Å². The van der Waals surface area contributed by atoms with Gasteiger partial charge in [0.05, 0.1) is 6.10 Å². The van der Waals surface area contributed by atoms with Crippen molar-refractivity contribution in [1.82, 2.24) is 5.32 Å². The average Bonchev–Trinajstić information content (AvgIpc) is 2.60. The fraction of sp³-hybridized carbons (Fsp3) is 0.364. The molecule has 25 heavy (non-hydrogen) atoms. The Hall–Kier alpha value is -2.26. The Morgan fingerprint density at radius 3 is 2.60 bits per heavy atom. The molecule has 0 radical (unpaired) electrons. The summed E-state index contributed by atoms with van der Waals surface area (Å²) in [6.45, 7) is 3.01. The number of nitrogens with two attached hydrogens (primary N) is 1. The molecule has 3 rings (SSSR count). The summed E-state index contributed by atoms with van der Waals surface area (Å²) in [5, 5.41) is 3.23. The molecule has 0 aromatic heterocycles. The highest BCUT2D eigenvalue weighted by atomic mass is 16.5. The summed E-state index contributed by atoms with van der Waals surface area (Å²) < 4.78 is 6.25. The van der Waals surface area contributed by atoms with Gasteiger partial charge in [0.1, 0.15) is 5.75 Å². The van der Waals surface area contributed by atoms with Crippen LogP contribution in [0.1, 0.15) is 38.2 Å². The zero-order chi connectivity index (χ0) is 17.6. The first-order valence-electron chi connectivity index (χ1n) is 9.19. The van der Waals surface area contributed by atoms with E-state index in [0.29, 0.717) is 6.10 Å². The maximum absolute atomic E-state index is 6.39. The van der Waals surface area contributed by atoms with Crippen LogP contribution in [0, 0.1) is 0 Å². The second-order valence-electron chi connectivity index (χ2n) is 6.60. The van der Waals surface area contributed by atoms with Gasteiger partial charge in [-0.3, -0.25) is 0 Å². The molecule has 3 N–H and O–H groups in total. The van der Waals surface area contributed by atoms with Crippen LogP contribution in [0.25, 0.3) is 16.7 Å².